The Labute approximate surface area is 222 Å². The number of amides is 1. The maximum atomic E-state index is 11.1. The fraction of sp³-hybridized carbons (Fsp3) is 0.286. The van der Waals surface area contributed by atoms with Crippen molar-refractivity contribution in [3.63, 3.8) is 0 Å². The first-order valence-corrected chi connectivity index (χ1v) is 12.7. The summed E-state index contributed by atoms with van der Waals surface area (Å²) in [4.78, 5) is 15.0. The summed E-state index contributed by atoms with van der Waals surface area (Å²) in [5.41, 5.74) is 3.64. The van der Waals surface area contributed by atoms with Gasteiger partial charge in [-0.3, -0.25) is 4.79 Å². The van der Waals surface area contributed by atoms with Crippen molar-refractivity contribution in [2.75, 3.05) is 18.0 Å². The first-order chi connectivity index (χ1) is 16.9. The predicted molar refractivity (Wildman–Crippen MR) is 145 cm³/mol. The molecule has 7 heteroatoms. The number of nitriles is 1. The minimum Gasteiger partial charge on any atom is -0.362 e. The topological polar surface area (TPSA) is 47.3 Å². The number of carbonyl (C=O) groups excluding carboxylic acids is 1. The van der Waals surface area contributed by atoms with Crippen molar-refractivity contribution >= 4 is 46.9 Å². The van der Waals surface area contributed by atoms with Crippen LogP contribution in [0.25, 0.3) is 0 Å². The lowest BCUT2D eigenvalue weighted by atomic mass is 10.1. The summed E-state index contributed by atoms with van der Waals surface area (Å²) in [5.74, 6) is 0. The zero-order chi connectivity index (χ0) is 25.2. The molecule has 3 aromatic carbocycles. The summed E-state index contributed by atoms with van der Waals surface area (Å²) in [7, 11) is 0. The summed E-state index contributed by atoms with van der Waals surface area (Å²) in [6.07, 6.45) is 4.16. The third-order valence-corrected chi connectivity index (χ3v) is 6.84. The monoisotopic (exact) mass is 527 g/mol. The molecule has 1 aliphatic heterocycles. The van der Waals surface area contributed by atoms with E-state index in [2.05, 4.69) is 48.2 Å². The number of benzene rings is 3. The van der Waals surface area contributed by atoms with E-state index >= 15 is 0 Å². The number of rotatable bonds is 7. The van der Waals surface area contributed by atoms with E-state index in [-0.39, 0.29) is 6.04 Å². The van der Waals surface area contributed by atoms with Gasteiger partial charge in [0.1, 0.15) is 6.07 Å². The van der Waals surface area contributed by atoms with Crippen LogP contribution in [0.1, 0.15) is 36.5 Å². The Kier molecular flexibility index (Phi) is 10.3. The highest BCUT2D eigenvalue weighted by atomic mass is 35.5. The second-order valence-electron chi connectivity index (χ2n) is 8.42. The zero-order valence-corrected chi connectivity index (χ0v) is 21.9. The number of aryl methyl sites for hydroxylation is 1. The third kappa shape index (κ3) is 7.64. The lowest BCUT2D eigenvalue weighted by Crippen LogP contribution is -2.37. The fourth-order valence-electron chi connectivity index (χ4n) is 4.10. The summed E-state index contributed by atoms with van der Waals surface area (Å²) in [6.45, 7) is 4.06. The minimum absolute atomic E-state index is 0.124. The Morgan fingerprint density at radius 2 is 1.83 bits per heavy atom. The highest BCUT2D eigenvalue weighted by molar-refractivity contribution is 6.33. The van der Waals surface area contributed by atoms with Crippen LogP contribution in [0.15, 0.2) is 66.7 Å². The van der Waals surface area contributed by atoms with Gasteiger partial charge in [0.2, 0.25) is 6.41 Å². The highest BCUT2D eigenvalue weighted by Gasteiger charge is 2.28. The number of carbonyl (C=O) groups is 1. The van der Waals surface area contributed by atoms with E-state index in [4.69, 9.17) is 40.1 Å². The smallest absolute Gasteiger partial charge is 0.209 e. The average molecular weight is 529 g/mol. The summed E-state index contributed by atoms with van der Waals surface area (Å²) in [6, 6.07) is 23.5. The van der Waals surface area contributed by atoms with Gasteiger partial charge in [-0.1, -0.05) is 78.5 Å². The molecule has 0 aliphatic carbocycles. The molecule has 4 nitrogen and oxygen atoms in total. The van der Waals surface area contributed by atoms with Crippen molar-refractivity contribution in [3.05, 3.63) is 98.5 Å². The minimum atomic E-state index is 0.124. The van der Waals surface area contributed by atoms with Crippen LogP contribution in [0.3, 0.4) is 0 Å². The van der Waals surface area contributed by atoms with E-state index in [1.807, 2.05) is 12.1 Å². The van der Waals surface area contributed by atoms with E-state index < -0.39 is 0 Å². The molecule has 1 amide bonds. The molecule has 3 aromatic rings. The van der Waals surface area contributed by atoms with Gasteiger partial charge in [0.05, 0.1) is 10.6 Å². The van der Waals surface area contributed by atoms with Crippen LogP contribution in [-0.4, -0.2) is 30.4 Å². The van der Waals surface area contributed by atoms with Crippen LogP contribution in [0.4, 0.5) is 5.69 Å². The van der Waals surface area contributed by atoms with Gasteiger partial charge < -0.3 is 9.80 Å². The molecule has 0 radical (unpaired) electrons. The van der Waals surface area contributed by atoms with Crippen LogP contribution < -0.4 is 4.90 Å². The normalized spacial score (nSPS) is 14.6. The Balaban J connectivity index is 0.000000320. The Morgan fingerprint density at radius 3 is 2.46 bits per heavy atom. The lowest BCUT2D eigenvalue weighted by Gasteiger charge is -2.31. The lowest BCUT2D eigenvalue weighted by molar-refractivity contribution is -0.117. The van der Waals surface area contributed by atoms with Crippen molar-refractivity contribution < 1.29 is 4.79 Å². The van der Waals surface area contributed by atoms with Gasteiger partial charge in [-0.25, -0.2) is 0 Å². The molecule has 182 valence electrons. The van der Waals surface area contributed by atoms with E-state index in [9.17, 15) is 4.79 Å². The largest absolute Gasteiger partial charge is 0.362 e. The molecule has 0 saturated carbocycles. The third-order valence-electron chi connectivity index (χ3n) is 5.92. The van der Waals surface area contributed by atoms with Crippen molar-refractivity contribution in [1.82, 2.24) is 4.90 Å². The second kappa shape index (κ2) is 13.4. The second-order valence-corrected chi connectivity index (χ2v) is 9.67. The van der Waals surface area contributed by atoms with Crippen LogP contribution >= 0.6 is 34.8 Å². The number of hydrogen-bond acceptors (Lipinski definition) is 3. The molecule has 0 spiro atoms. The fourth-order valence-corrected chi connectivity index (χ4v) is 4.69. The number of likely N-dealkylation sites (tertiary alicyclic amines) is 1. The van der Waals surface area contributed by atoms with Crippen LogP contribution in [0, 0.1) is 11.3 Å². The first kappa shape index (κ1) is 26.9. The predicted octanol–water partition coefficient (Wildman–Crippen LogP) is 7.39. The molecule has 1 saturated heterocycles. The number of anilines is 1. The number of halogens is 3. The average Bonchev–Trinajstić information content (AvgIpc) is 3.35. The molecule has 0 N–H and O–H groups in total. The Bertz CT molecular complexity index is 1160. The van der Waals surface area contributed by atoms with Gasteiger partial charge in [-0.15, -0.1) is 0 Å². The molecular formula is C28H28Cl3N3O. The van der Waals surface area contributed by atoms with Crippen LogP contribution in [-0.2, 0) is 17.8 Å². The van der Waals surface area contributed by atoms with E-state index in [0.717, 1.165) is 24.1 Å². The molecule has 1 fully saturated rings. The molecule has 1 unspecified atom stereocenters. The molecule has 1 atom stereocenters. The molecular weight excluding hydrogens is 501 g/mol. The maximum absolute atomic E-state index is 11.1. The molecule has 1 heterocycles. The molecule has 4 rings (SSSR count). The molecule has 0 aromatic heterocycles. The van der Waals surface area contributed by atoms with Crippen LogP contribution in [0.2, 0.25) is 15.1 Å². The zero-order valence-electron chi connectivity index (χ0n) is 19.6. The van der Waals surface area contributed by atoms with Crippen molar-refractivity contribution in [2.24, 2.45) is 0 Å². The van der Waals surface area contributed by atoms with Gasteiger partial charge >= 0.3 is 0 Å². The quantitative estimate of drug-likeness (QED) is 0.300. The maximum Gasteiger partial charge on any atom is 0.209 e. The van der Waals surface area contributed by atoms with Crippen LogP contribution in [0.5, 0.6) is 0 Å². The SMILES string of the molecule is CCCc1ccccc1.N#Cc1ccc(N(Cc2cc(Cl)ccc2Cl)C2CCN(C=O)C2)cc1Cl. The van der Waals surface area contributed by atoms with E-state index in [1.54, 1.807) is 29.2 Å². The van der Waals surface area contributed by atoms with Gasteiger partial charge in [-0.05, 0) is 60.4 Å². The Morgan fingerprint density at radius 1 is 1.06 bits per heavy atom. The Hall–Kier alpha value is -2.71. The molecule has 1 aliphatic rings. The first-order valence-electron chi connectivity index (χ1n) is 11.6. The highest BCUT2D eigenvalue weighted by Crippen LogP contribution is 2.31. The van der Waals surface area contributed by atoms with Gasteiger partial charge in [0, 0.05) is 41.4 Å². The standard InChI is InChI=1S/C19H16Cl3N3O.C9H12/c20-15-2-4-18(21)14(7-15)10-25(17-5-6-24(11-17)12-26)16-3-1-13(9-23)19(22)8-16;1-2-6-9-7-4-3-5-8-9/h1-4,7-8,12,17H,5-6,10-11H2;3-5,7-8H,2,6H2,1H3. The number of hydrogen-bond donors (Lipinski definition) is 0. The van der Waals surface area contributed by atoms with Crippen molar-refractivity contribution in [3.8, 4) is 6.07 Å². The van der Waals surface area contributed by atoms with Gasteiger partial charge in [0.15, 0.2) is 0 Å². The number of nitrogens with zero attached hydrogens (tertiary/aromatic N) is 3. The van der Waals surface area contributed by atoms with Gasteiger partial charge in [-0.2, -0.15) is 5.26 Å². The molecule has 35 heavy (non-hydrogen) atoms. The molecule has 0 bridgehead atoms. The van der Waals surface area contributed by atoms with Crippen molar-refractivity contribution in [2.45, 2.75) is 38.8 Å². The summed E-state index contributed by atoms with van der Waals surface area (Å²) < 4.78 is 0. The summed E-state index contributed by atoms with van der Waals surface area (Å²) in [5, 5.41) is 10.7. The van der Waals surface area contributed by atoms with E-state index in [0.29, 0.717) is 40.3 Å². The summed E-state index contributed by atoms with van der Waals surface area (Å²) >= 11 is 18.7. The van der Waals surface area contributed by atoms with Crippen molar-refractivity contribution in [1.29, 1.82) is 5.26 Å². The van der Waals surface area contributed by atoms with E-state index in [1.165, 1.54) is 18.4 Å². The van der Waals surface area contributed by atoms with Gasteiger partial charge in [0.25, 0.3) is 0 Å².